The average Bonchev–Trinajstić information content (AvgIpc) is 2.35. The summed E-state index contributed by atoms with van der Waals surface area (Å²) in [5.74, 6) is 0. The molecule has 0 bridgehead atoms. The zero-order chi connectivity index (χ0) is 15.3. The molecule has 1 rings (SSSR count). The Morgan fingerprint density at radius 1 is 1.50 bits per heavy atom. The molecular formula is C12H17N3O4S. The van der Waals surface area contributed by atoms with Crippen molar-refractivity contribution in [2.24, 2.45) is 0 Å². The van der Waals surface area contributed by atoms with E-state index in [9.17, 15) is 14.9 Å². The second kappa shape index (κ2) is 6.67. The average molecular weight is 299 g/mol. The maximum absolute atomic E-state index is 11.0. The lowest BCUT2D eigenvalue weighted by molar-refractivity contribution is -0.385. The first-order valence-electron chi connectivity index (χ1n) is 5.93. The summed E-state index contributed by atoms with van der Waals surface area (Å²) in [4.78, 5) is 30.5. The predicted molar refractivity (Wildman–Crippen MR) is 75.0 cm³/mol. The number of thioether (sulfide) groups is 1. The number of nitrogens with zero attached hydrogens (tertiary/aromatic N) is 3. The molecule has 20 heavy (non-hydrogen) atoms. The maximum atomic E-state index is 11.0. The Balaban J connectivity index is 2.70. The zero-order valence-electron chi connectivity index (χ0n) is 11.8. The molecule has 0 N–H and O–H groups in total. The molecule has 0 saturated carbocycles. The topological polar surface area (TPSA) is 85.6 Å². The van der Waals surface area contributed by atoms with Crippen LogP contribution in [0.3, 0.4) is 0 Å². The van der Waals surface area contributed by atoms with Crippen LogP contribution in [0.15, 0.2) is 23.4 Å². The standard InChI is InChI=1S/C12H17N3O4S/c1-9(14(8-16)19-12(2,3)4)20-11-6-5-10(7-13-11)15(17)18/h5-9H,1-4H3. The molecule has 0 aliphatic carbocycles. The summed E-state index contributed by atoms with van der Waals surface area (Å²) in [5, 5.41) is 12.0. The minimum Gasteiger partial charge on any atom is -0.276 e. The van der Waals surface area contributed by atoms with Gasteiger partial charge in [-0.05, 0) is 33.8 Å². The van der Waals surface area contributed by atoms with Crippen molar-refractivity contribution in [2.75, 3.05) is 0 Å². The fourth-order valence-electron chi connectivity index (χ4n) is 1.27. The van der Waals surface area contributed by atoms with Crippen molar-refractivity contribution < 1.29 is 14.6 Å². The van der Waals surface area contributed by atoms with E-state index in [4.69, 9.17) is 4.84 Å². The van der Waals surface area contributed by atoms with E-state index in [-0.39, 0.29) is 11.1 Å². The van der Waals surface area contributed by atoms with Crippen LogP contribution in [0.2, 0.25) is 0 Å². The SMILES string of the molecule is CC(Sc1ccc([N+](=O)[O-])cn1)N(C=O)OC(C)(C)C. The fourth-order valence-corrected chi connectivity index (χ4v) is 2.08. The van der Waals surface area contributed by atoms with Crippen molar-refractivity contribution in [1.29, 1.82) is 0 Å². The van der Waals surface area contributed by atoms with E-state index < -0.39 is 10.5 Å². The van der Waals surface area contributed by atoms with E-state index in [0.29, 0.717) is 11.4 Å². The van der Waals surface area contributed by atoms with Crippen LogP contribution >= 0.6 is 11.8 Å². The lowest BCUT2D eigenvalue weighted by Crippen LogP contribution is -2.37. The van der Waals surface area contributed by atoms with Gasteiger partial charge in [-0.2, -0.15) is 0 Å². The van der Waals surface area contributed by atoms with Gasteiger partial charge in [0, 0.05) is 6.07 Å². The Hall–Kier alpha value is -1.67. The summed E-state index contributed by atoms with van der Waals surface area (Å²) in [6.07, 6.45) is 1.79. The van der Waals surface area contributed by atoms with E-state index >= 15 is 0 Å². The smallest absolute Gasteiger partial charge is 0.276 e. The van der Waals surface area contributed by atoms with Crippen LogP contribution in [0.5, 0.6) is 0 Å². The van der Waals surface area contributed by atoms with Crippen LogP contribution in [-0.2, 0) is 9.63 Å². The third-order valence-electron chi connectivity index (χ3n) is 2.06. The second-order valence-corrected chi connectivity index (χ2v) is 6.33. The number of aromatic nitrogens is 1. The molecule has 0 aliphatic rings. The van der Waals surface area contributed by atoms with Crippen molar-refractivity contribution in [3.63, 3.8) is 0 Å². The second-order valence-electron chi connectivity index (χ2n) is 5.00. The van der Waals surface area contributed by atoms with Crippen molar-refractivity contribution in [1.82, 2.24) is 10.0 Å². The number of rotatable bonds is 6. The Morgan fingerprint density at radius 2 is 2.15 bits per heavy atom. The highest BCUT2D eigenvalue weighted by Gasteiger charge is 2.22. The lowest BCUT2D eigenvalue weighted by atomic mass is 10.2. The number of hydroxylamine groups is 2. The van der Waals surface area contributed by atoms with Gasteiger partial charge in [-0.15, -0.1) is 0 Å². The van der Waals surface area contributed by atoms with Gasteiger partial charge >= 0.3 is 0 Å². The van der Waals surface area contributed by atoms with Gasteiger partial charge < -0.3 is 0 Å². The van der Waals surface area contributed by atoms with Crippen LogP contribution in [0.4, 0.5) is 5.69 Å². The first-order valence-corrected chi connectivity index (χ1v) is 6.81. The monoisotopic (exact) mass is 299 g/mol. The highest BCUT2D eigenvalue weighted by atomic mass is 32.2. The molecule has 0 aromatic carbocycles. The summed E-state index contributed by atoms with van der Waals surface area (Å²) in [6.45, 7) is 7.30. The maximum Gasteiger partial charge on any atom is 0.287 e. The fraction of sp³-hybridized carbons (Fsp3) is 0.500. The van der Waals surface area contributed by atoms with Gasteiger partial charge in [0.1, 0.15) is 11.6 Å². The van der Waals surface area contributed by atoms with Crippen molar-refractivity contribution in [3.05, 3.63) is 28.4 Å². The van der Waals surface area contributed by atoms with Crippen molar-refractivity contribution >= 4 is 23.9 Å². The molecule has 0 spiro atoms. The summed E-state index contributed by atoms with van der Waals surface area (Å²) in [7, 11) is 0. The van der Waals surface area contributed by atoms with Gasteiger partial charge in [-0.25, -0.2) is 10.0 Å². The zero-order valence-corrected chi connectivity index (χ0v) is 12.6. The molecule has 7 nitrogen and oxygen atoms in total. The number of hydrogen-bond acceptors (Lipinski definition) is 6. The minimum absolute atomic E-state index is 0.0693. The van der Waals surface area contributed by atoms with Crippen LogP contribution in [0.25, 0.3) is 0 Å². The lowest BCUT2D eigenvalue weighted by Gasteiger charge is -2.30. The first-order chi connectivity index (χ1) is 9.23. The molecule has 0 aliphatic heterocycles. The predicted octanol–water partition coefficient (Wildman–Crippen LogP) is 2.62. The number of amides is 1. The molecule has 110 valence electrons. The largest absolute Gasteiger partial charge is 0.287 e. The highest BCUT2D eigenvalue weighted by Crippen LogP contribution is 2.26. The van der Waals surface area contributed by atoms with E-state index in [1.54, 1.807) is 13.0 Å². The van der Waals surface area contributed by atoms with Gasteiger partial charge in [0.25, 0.3) is 5.69 Å². The summed E-state index contributed by atoms with van der Waals surface area (Å²) >= 11 is 1.27. The van der Waals surface area contributed by atoms with Gasteiger partial charge in [0.15, 0.2) is 0 Å². The molecule has 1 heterocycles. The third kappa shape index (κ3) is 5.14. The number of carbonyl (C=O) groups is 1. The van der Waals surface area contributed by atoms with Crippen molar-refractivity contribution in [2.45, 2.75) is 43.7 Å². The van der Waals surface area contributed by atoms with Crippen LogP contribution < -0.4 is 0 Å². The number of pyridine rings is 1. The molecule has 0 saturated heterocycles. The van der Waals surface area contributed by atoms with E-state index in [1.807, 2.05) is 20.8 Å². The molecule has 1 aromatic heterocycles. The van der Waals surface area contributed by atoms with E-state index in [0.717, 1.165) is 0 Å². The number of carbonyl (C=O) groups excluding carboxylic acids is 1. The Labute approximate surface area is 121 Å². The highest BCUT2D eigenvalue weighted by molar-refractivity contribution is 7.99. The normalized spacial score (nSPS) is 12.8. The first kappa shape index (κ1) is 16.4. The Kier molecular flexibility index (Phi) is 5.46. The number of nitro groups is 1. The van der Waals surface area contributed by atoms with Gasteiger partial charge in [0.05, 0.1) is 15.6 Å². The summed E-state index contributed by atoms with van der Waals surface area (Å²) in [6, 6.07) is 2.91. The Bertz CT molecular complexity index is 473. The quantitative estimate of drug-likeness (QED) is 0.264. The minimum atomic E-state index is -0.509. The van der Waals surface area contributed by atoms with Gasteiger partial charge in [-0.1, -0.05) is 11.8 Å². The van der Waals surface area contributed by atoms with E-state index in [1.165, 1.54) is 29.1 Å². The Morgan fingerprint density at radius 3 is 2.55 bits per heavy atom. The summed E-state index contributed by atoms with van der Waals surface area (Å²) in [5.41, 5.74) is -0.557. The number of hydrogen-bond donors (Lipinski definition) is 0. The molecule has 0 radical (unpaired) electrons. The molecule has 1 atom stereocenters. The van der Waals surface area contributed by atoms with Gasteiger partial charge in [-0.3, -0.25) is 19.7 Å². The molecule has 1 amide bonds. The van der Waals surface area contributed by atoms with E-state index in [2.05, 4.69) is 4.98 Å². The molecule has 0 fully saturated rings. The molecule has 1 aromatic rings. The van der Waals surface area contributed by atoms with Crippen LogP contribution in [-0.4, -0.2) is 32.4 Å². The van der Waals surface area contributed by atoms with Crippen LogP contribution in [0.1, 0.15) is 27.7 Å². The van der Waals surface area contributed by atoms with Crippen molar-refractivity contribution in [3.8, 4) is 0 Å². The van der Waals surface area contributed by atoms with Crippen LogP contribution in [0, 0.1) is 10.1 Å². The molecule has 1 unspecified atom stereocenters. The third-order valence-corrected chi connectivity index (χ3v) is 3.10. The summed E-state index contributed by atoms with van der Waals surface area (Å²) < 4.78 is 0. The molecule has 8 heteroatoms. The molecular weight excluding hydrogens is 282 g/mol. The van der Waals surface area contributed by atoms with Gasteiger partial charge in [0.2, 0.25) is 6.41 Å².